The molecule has 206 valence electrons. The van der Waals surface area contributed by atoms with E-state index >= 15 is 0 Å². The summed E-state index contributed by atoms with van der Waals surface area (Å²) in [4.78, 5) is 39.2. The van der Waals surface area contributed by atoms with E-state index in [0.717, 1.165) is 24.0 Å². The van der Waals surface area contributed by atoms with Crippen LogP contribution < -0.4 is 5.32 Å². The highest BCUT2D eigenvalue weighted by molar-refractivity contribution is 7.99. The number of carbonyl (C=O) groups is 2. The number of halogens is 2. The first-order valence-corrected chi connectivity index (χ1v) is 14.6. The van der Waals surface area contributed by atoms with E-state index in [2.05, 4.69) is 5.32 Å². The summed E-state index contributed by atoms with van der Waals surface area (Å²) in [5.74, 6) is 0.187. The summed E-state index contributed by atoms with van der Waals surface area (Å²) in [6, 6.07) is 20.2. The van der Waals surface area contributed by atoms with Crippen LogP contribution in [0.3, 0.4) is 0 Å². The van der Waals surface area contributed by atoms with Crippen molar-refractivity contribution in [1.82, 2.24) is 10.2 Å². The summed E-state index contributed by atoms with van der Waals surface area (Å²) in [6.07, 6.45) is 2.13. The lowest BCUT2D eigenvalue weighted by molar-refractivity contribution is -0.384. The summed E-state index contributed by atoms with van der Waals surface area (Å²) in [5.41, 5.74) is 2.51. The molecule has 0 aromatic heterocycles. The zero-order valence-electron chi connectivity index (χ0n) is 21.6. The molecule has 3 aromatic rings. The quantitative estimate of drug-likeness (QED) is 0.129. The van der Waals surface area contributed by atoms with Gasteiger partial charge < -0.3 is 10.2 Å². The van der Waals surface area contributed by atoms with Gasteiger partial charge in [-0.3, -0.25) is 19.7 Å². The Balaban J connectivity index is 1.84. The Morgan fingerprint density at radius 3 is 2.38 bits per heavy atom. The number of carbonyl (C=O) groups excluding carboxylic acids is 2. The predicted octanol–water partition coefficient (Wildman–Crippen LogP) is 6.69. The third-order valence-corrected chi connectivity index (χ3v) is 7.67. The molecule has 1 atom stereocenters. The van der Waals surface area contributed by atoms with E-state index in [9.17, 15) is 19.7 Å². The Hall–Kier alpha value is -3.07. The van der Waals surface area contributed by atoms with Crippen molar-refractivity contribution in [3.05, 3.63) is 110 Å². The van der Waals surface area contributed by atoms with E-state index in [1.807, 2.05) is 37.3 Å². The minimum absolute atomic E-state index is 0.0173. The summed E-state index contributed by atoms with van der Waals surface area (Å²) < 4.78 is 0. The predicted molar refractivity (Wildman–Crippen MR) is 158 cm³/mol. The van der Waals surface area contributed by atoms with Crippen molar-refractivity contribution in [2.24, 2.45) is 0 Å². The molecule has 3 rings (SSSR count). The third kappa shape index (κ3) is 9.56. The molecular formula is C29H31Cl2N3O4S. The van der Waals surface area contributed by atoms with Crippen molar-refractivity contribution in [3.8, 4) is 0 Å². The molecule has 0 saturated heterocycles. The average Bonchev–Trinajstić information content (AvgIpc) is 2.92. The summed E-state index contributed by atoms with van der Waals surface area (Å²) >= 11 is 13.9. The number of nitro benzene ring substituents is 1. The lowest BCUT2D eigenvalue weighted by Crippen LogP contribution is -2.51. The molecule has 0 aliphatic rings. The normalized spacial score (nSPS) is 11.6. The first-order valence-electron chi connectivity index (χ1n) is 12.6. The highest BCUT2D eigenvalue weighted by Gasteiger charge is 2.30. The number of amides is 2. The molecular weight excluding hydrogens is 557 g/mol. The van der Waals surface area contributed by atoms with Crippen LogP contribution in [0.15, 0.2) is 72.8 Å². The molecule has 0 saturated carbocycles. The lowest BCUT2D eigenvalue weighted by atomic mass is 10.0. The summed E-state index contributed by atoms with van der Waals surface area (Å²) in [6.45, 7) is 2.72. The second kappa shape index (κ2) is 15.5. The van der Waals surface area contributed by atoms with Crippen LogP contribution in [0, 0.1) is 10.1 Å². The maximum atomic E-state index is 13.7. The van der Waals surface area contributed by atoms with Gasteiger partial charge in [0.25, 0.3) is 5.69 Å². The van der Waals surface area contributed by atoms with Gasteiger partial charge in [-0.15, -0.1) is 11.8 Å². The Bertz CT molecular complexity index is 1260. The van der Waals surface area contributed by atoms with Crippen LogP contribution >= 0.6 is 35.0 Å². The molecule has 39 heavy (non-hydrogen) atoms. The summed E-state index contributed by atoms with van der Waals surface area (Å²) in [7, 11) is 0. The number of nitro groups is 1. The summed E-state index contributed by atoms with van der Waals surface area (Å²) in [5, 5.41) is 14.8. The van der Waals surface area contributed by atoms with Crippen molar-refractivity contribution in [3.63, 3.8) is 0 Å². The third-order valence-electron chi connectivity index (χ3n) is 6.10. The second-order valence-corrected chi connectivity index (χ2v) is 10.9. The maximum Gasteiger partial charge on any atom is 0.269 e. The van der Waals surface area contributed by atoms with Crippen molar-refractivity contribution in [2.75, 3.05) is 12.3 Å². The number of hydrogen-bond acceptors (Lipinski definition) is 5. The standard InChI is InChI=1S/C29H31Cl2N3O4S/c1-2-3-15-32-29(36)27(16-21-7-5-4-6-8-21)33(18-23-11-12-24(30)17-26(23)31)28(35)20-39-19-22-9-13-25(14-10-22)34(37)38/h4-14,17,27H,2-3,15-16,18-20H2,1H3,(H,32,36)/t27-/m1/s1. The van der Waals surface area contributed by atoms with Gasteiger partial charge >= 0.3 is 0 Å². The fourth-order valence-corrected chi connectivity index (χ4v) is 5.29. The number of benzene rings is 3. The fourth-order valence-electron chi connectivity index (χ4n) is 3.95. The van der Waals surface area contributed by atoms with Gasteiger partial charge in [-0.05, 0) is 35.2 Å². The molecule has 0 unspecified atom stereocenters. The molecule has 0 radical (unpaired) electrons. The van der Waals surface area contributed by atoms with E-state index in [-0.39, 0.29) is 29.8 Å². The van der Waals surface area contributed by atoms with Gasteiger partial charge in [0.1, 0.15) is 6.04 Å². The van der Waals surface area contributed by atoms with Gasteiger partial charge in [0.15, 0.2) is 0 Å². The number of thioether (sulfide) groups is 1. The fraction of sp³-hybridized carbons (Fsp3) is 0.310. The number of nitrogens with one attached hydrogen (secondary N) is 1. The van der Waals surface area contributed by atoms with Crippen LogP contribution in [0.2, 0.25) is 10.0 Å². The Kier molecular flexibility index (Phi) is 12.1. The van der Waals surface area contributed by atoms with Crippen LogP contribution in [0.1, 0.15) is 36.5 Å². The van der Waals surface area contributed by atoms with Crippen molar-refractivity contribution >= 4 is 52.5 Å². The number of rotatable bonds is 14. The van der Waals surface area contributed by atoms with Gasteiger partial charge in [0, 0.05) is 47.4 Å². The van der Waals surface area contributed by atoms with E-state index in [1.165, 1.54) is 23.9 Å². The highest BCUT2D eigenvalue weighted by Crippen LogP contribution is 2.25. The van der Waals surface area contributed by atoms with Gasteiger partial charge in [-0.2, -0.15) is 0 Å². The zero-order chi connectivity index (χ0) is 28.2. The van der Waals surface area contributed by atoms with E-state index in [0.29, 0.717) is 34.3 Å². The number of non-ortho nitro benzene ring substituents is 1. The second-order valence-electron chi connectivity index (χ2n) is 9.02. The highest BCUT2D eigenvalue weighted by atomic mass is 35.5. The maximum absolute atomic E-state index is 13.7. The first kappa shape index (κ1) is 30.5. The van der Waals surface area contributed by atoms with E-state index in [1.54, 1.807) is 35.2 Å². The van der Waals surface area contributed by atoms with E-state index < -0.39 is 11.0 Å². The monoisotopic (exact) mass is 587 g/mol. The molecule has 0 fully saturated rings. The minimum Gasteiger partial charge on any atom is -0.354 e. The Morgan fingerprint density at radius 2 is 1.74 bits per heavy atom. The molecule has 10 heteroatoms. The van der Waals surface area contributed by atoms with E-state index in [4.69, 9.17) is 23.2 Å². The van der Waals surface area contributed by atoms with Crippen LogP contribution in [-0.4, -0.2) is 40.0 Å². The van der Waals surface area contributed by atoms with Crippen molar-refractivity contribution in [1.29, 1.82) is 0 Å². The van der Waals surface area contributed by atoms with Crippen LogP contribution in [0.5, 0.6) is 0 Å². The lowest BCUT2D eigenvalue weighted by Gasteiger charge is -2.32. The Labute approximate surface area is 243 Å². The van der Waals surface area contributed by atoms with Crippen molar-refractivity contribution < 1.29 is 14.5 Å². The smallest absolute Gasteiger partial charge is 0.269 e. The van der Waals surface area contributed by atoms with Crippen LogP contribution in [0.4, 0.5) is 5.69 Å². The van der Waals surface area contributed by atoms with Gasteiger partial charge in [0.05, 0.1) is 10.7 Å². The van der Waals surface area contributed by atoms with Crippen molar-refractivity contribution in [2.45, 2.75) is 44.5 Å². The molecule has 0 aliphatic carbocycles. The van der Waals surface area contributed by atoms with Gasteiger partial charge in [0.2, 0.25) is 11.8 Å². The molecule has 2 amide bonds. The minimum atomic E-state index is -0.747. The van der Waals surface area contributed by atoms with Crippen LogP contribution in [0.25, 0.3) is 0 Å². The van der Waals surface area contributed by atoms with Crippen LogP contribution in [-0.2, 0) is 28.3 Å². The number of unbranched alkanes of at least 4 members (excludes halogenated alkanes) is 1. The largest absolute Gasteiger partial charge is 0.354 e. The SMILES string of the molecule is CCCCNC(=O)[C@@H](Cc1ccccc1)N(Cc1ccc(Cl)cc1Cl)C(=O)CSCc1ccc([N+](=O)[O-])cc1. The van der Waals surface area contributed by atoms with Gasteiger partial charge in [-0.1, -0.05) is 85.1 Å². The molecule has 7 nitrogen and oxygen atoms in total. The molecule has 0 aliphatic heterocycles. The molecule has 0 heterocycles. The topological polar surface area (TPSA) is 92.6 Å². The number of hydrogen-bond donors (Lipinski definition) is 1. The molecule has 0 bridgehead atoms. The molecule has 0 spiro atoms. The average molecular weight is 589 g/mol. The zero-order valence-corrected chi connectivity index (χ0v) is 24.0. The van der Waals surface area contributed by atoms with Gasteiger partial charge in [-0.25, -0.2) is 0 Å². The molecule has 3 aromatic carbocycles. The Morgan fingerprint density at radius 1 is 1.03 bits per heavy atom. The molecule has 1 N–H and O–H groups in total. The first-order chi connectivity index (χ1) is 18.8. The number of nitrogens with zero attached hydrogens (tertiary/aromatic N) is 2.